The molecule has 1 heterocycles. The minimum atomic E-state index is -1.49. The van der Waals surface area contributed by atoms with Crippen LogP contribution in [-0.2, 0) is 0 Å². The zero-order valence-electron chi connectivity index (χ0n) is 8.68. The van der Waals surface area contributed by atoms with Gasteiger partial charge in [-0.3, -0.25) is 0 Å². The van der Waals surface area contributed by atoms with Gasteiger partial charge in [0.2, 0.25) is 0 Å². The average molecular weight is 214 g/mol. The van der Waals surface area contributed by atoms with Crippen LogP contribution in [0.3, 0.4) is 0 Å². The fraction of sp³-hybridized carbons (Fsp3) is 0.167. The molecule has 0 amide bonds. The number of hydrogen-bond donors (Lipinski definition) is 2. The standard InChI is InChI=1S/C12H11BO3/c14-13(15)10-6-3-5-9-8-4-1-2-7-11(8)16-12(9)10/h3-7,14-15H,1-2H2. The summed E-state index contributed by atoms with van der Waals surface area (Å²) >= 11 is 0. The summed E-state index contributed by atoms with van der Waals surface area (Å²) in [5, 5.41) is 20.5. The van der Waals surface area contributed by atoms with E-state index in [1.165, 1.54) is 0 Å². The summed E-state index contributed by atoms with van der Waals surface area (Å²) in [5.74, 6) is 0. The van der Waals surface area contributed by atoms with E-state index in [1.54, 1.807) is 6.07 Å². The summed E-state index contributed by atoms with van der Waals surface area (Å²) in [4.78, 5) is 0. The van der Waals surface area contributed by atoms with E-state index in [4.69, 9.17) is 4.42 Å². The minimum absolute atomic E-state index is 0.425. The largest absolute Gasteiger partial charge is 0.492 e. The van der Waals surface area contributed by atoms with Crippen LogP contribution in [0.25, 0.3) is 23.1 Å². The Morgan fingerprint density at radius 3 is 2.75 bits per heavy atom. The maximum absolute atomic E-state index is 9.26. The molecule has 3 rings (SSSR count). The molecule has 2 aromatic rings. The molecule has 0 fully saturated rings. The Morgan fingerprint density at radius 1 is 1.12 bits per heavy atom. The van der Waals surface area contributed by atoms with Crippen LogP contribution in [0.4, 0.5) is 0 Å². The molecule has 1 aliphatic carbocycles. The molecule has 3 nitrogen and oxygen atoms in total. The molecule has 2 N–H and O–H groups in total. The number of para-hydroxylation sites is 1. The molecule has 1 aromatic carbocycles. The van der Waals surface area contributed by atoms with E-state index < -0.39 is 7.12 Å². The van der Waals surface area contributed by atoms with Gasteiger partial charge in [-0.25, -0.2) is 0 Å². The summed E-state index contributed by atoms with van der Waals surface area (Å²) in [7, 11) is -1.49. The fourth-order valence-electron chi connectivity index (χ4n) is 2.19. The molecule has 0 saturated heterocycles. The van der Waals surface area contributed by atoms with Crippen molar-refractivity contribution in [2.24, 2.45) is 0 Å². The van der Waals surface area contributed by atoms with Crippen molar-refractivity contribution in [1.29, 1.82) is 0 Å². The van der Waals surface area contributed by atoms with Crippen LogP contribution in [0.5, 0.6) is 0 Å². The van der Waals surface area contributed by atoms with Gasteiger partial charge in [0.25, 0.3) is 0 Å². The van der Waals surface area contributed by atoms with Gasteiger partial charge in [0.1, 0.15) is 11.0 Å². The van der Waals surface area contributed by atoms with E-state index in [-0.39, 0.29) is 0 Å². The zero-order chi connectivity index (χ0) is 11.1. The first-order chi connectivity index (χ1) is 7.77. The van der Waals surface area contributed by atoms with Crippen LogP contribution in [-0.4, -0.2) is 17.2 Å². The van der Waals surface area contributed by atoms with E-state index in [1.807, 2.05) is 18.2 Å². The highest BCUT2D eigenvalue weighted by molar-refractivity contribution is 6.61. The molecule has 80 valence electrons. The SMILES string of the molecule is OB(O)c1cccc2c3c(oc12)=CCCC=3. The molecule has 1 aromatic heterocycles. The van der Waals surface area contributed by atoms with Crippen LogP contribution in [0.1, 0.15) is 12.8 Å². The topological polar surface area (TPSA) is 53.6 Å². The van der Waals surface area contributed by atoms with Gasteiger partial charge in [0.05, 0.1) is 0 Å². The summed E-state index contributed by atoms with van der Waals surface area (Å²) in [5.41, 5.74) is 1.85. The second kappa shape index (κ2) is 3.51. The van der Waals surface area contributed by atoms with Crippen molar-refractivity contribution in [1.82, 2.24) is 0 Å². The summed E-state index contributed by atoms with van der Waals surface area (Å²) in [6.07, 6.45) is 6.16. The molecule has 1 aliphatic rings. The first kappa shape index (κ1) is 9.69. The van der Waals surface area contributed by atoms with Gasteiger partial charge in [0.15, 0.2) is 0 Å². The van der Waals surface area contributed by atoms with E-state index in [9.17, 15) is 10.0 Å². The Balaban J connectivity index is 2.48. The quantitative estimate of drug-likeness (QED) is 0.627. The third kappa shape index (κ3) is 1.31. The third-order valence-electron chi connectivity index (χ3n) is 2.94. The Labute approximate surface area is 92.5 Å². The number of benzene rings is 1. The molecular weight excluding hydrogens is 203 g/mol. The van der Waals surface area contributed by atoms with E-state index in [0.717, 1.165) is 28.9 Å². The van der Waals surface area contributed by atoms with Gasteiger partial charge in [-0.2, -0.15) is 0 Å². The molecule has 0 spiro atoms. The van der Waals surface area contributed by atoms with Gasteiger partial charge in [-0.1, -0.05) is 24.3 Å². The molecule has 0 aliphatic heterocycles. The molecule has 0 bridgehead atoms. The molecule has 0 saturated carbocycles. The Morgan fingerprint density at radius 2 is 1.94 bits per heavy atom. The van der Waals surface area contributed by atoms with Gasteiger partial charge in [0, 0.05) is 16.1 Å². The van der Waals surface area contributed by atoms with Crippen molar-refractivity contribution in [3.63, 3.8) is 0 Å². The molecular formula is C12H11BO3. The predicted octanol–water partition coefficient (Wildman–Crippen LogP) is -0.533. The highest BCUT2D eigenvalue weighted by Gasteiger charge is 2.18. The maximum atomic E-state index is 9.26. The van der Waals surface area contributed by atoms with Gasteiger partial charge >= 0.3 is 7.12 Å². The van der Waals surface area contributed by atoms with Gasteiger partial charge in [-0.05, 0) is 18.9 Å². The minimum Gasteiger partial charge on any atom is -0.457 e. The lowest BCUT2D eigenvalue weighted by Gasteiger charge is -1.98. The van der Waals surface area contributed by atoms with Crippen LogP contribution in [0.2, 0.25) is 0 Å². The third-order valence-corrected chi connectivity index (χ3v) is 2.94. The van der Waals surface area contributed by atoms with Gasteiger partial charge in [-0.15, -0.1) is 0 Å². The molecule has 0 radical (unpaired) electrons. The summed E-state index contributed by atoms with van der Waals surface area (Å²) in [6, 6.07) is 5.43. The smallest absolute Gasteiger partial charge is 0.457 e. The Hall–Kier alpha value is -1.52. The van der Waals surface area contributed by atoms with Crippen LogP contribution >= 0.6 is 0 Å². The van der Waals surface area contributed by atoms with Crippen molar-refractivity contribution in [2.45, 2.75) is 12.8 Å². The number of hydrogen-bond acceptors (Lipinski definition) is 3. The average Bonchev–Trinajstić information content (AvgIpc) is 2.67. The second-order valence-electron chi connectivity index (χ2n) is 3.96. The number of fused-ring (bicyclic) bond motifs is 3. The normalized spacial score (nSPS) is 14.1. The number of furan rings is 1. The Kier molecular flexibility index (Phi) is 2.12. The van der Waals surface area contributed by atoms with E-state index in [0.29, 0.717) is 11.0 Å². The van der Waals surface area contributed by atoms with Crippen molar-refractivity contribution in [3.8, 4) is 0 Å². The van der Waals surface area contributed by atoms with Crippen molar-refractivity contribution < 1.29 is 14.5 Å². The Bertz CT molecular complexity index is 655. The van der Waals surface area contributed by atoms with Crippen molar-refractivity contribution in [2.75, 3.05) is 0 Å². The highest BCUT2D eigenvalue weighted by atomic mass is 16.4. The first-order valence-corrected chi connectivity index (χ1v) is 5.35. The summed E-state index contributed by atoms with van der Waals surface area (Å²) in [6.45, 7) is 0. The zero-order valence-corrected chi connectivity index (χ0v) is 8.68. The van der Waals surface area contributed by atoms with Crippen LogP contribution in [0, 0.1) is 0 Å². The molecule has 16 heavy (non-hydrogen) atoms. The predicted molar refractivity (Wildman–Crippen MR) is 63.5 cm³/mol. The van der Waals surface area contributed by atoms with Crippen LogP contribution in [0.15, 0.2) is 22.6 Å². The number of rotatable bonds is 1. The molecule has 4 heteroatoms. The lowest BCUT2D eigenvalue weighted by Crippen LogP contribution is -2.30. The van der Waals surface area contributed by atoms with E-state index >= 15 is 0 Å². The molecule has 0 unspecified atom stereocenters. The lowest BCUT2D eigenvalue weighted by molar-refractivity contribution is 0.425. The van der Waals surface area contributed by atoms with Crippen molar-refractivity contribution in [3.05, 3.63) is 28.8 Å². The molecule has 0 atom stereocenters. The lowest BCUT2D eigenvalue weighted by atomic mass is 9.79. The highest BCUT2D eigenvalue weighted by Crippen LogP contribution is 2.08. The van der Waals surface area contributed by atoms with E-state index in [2.05, 4.69) is 6.08 Å². The second-order valence-corrected chi connectivity index (χ2v) is 3.96. The van der Waals surface area contributed by atoms with Crippen LogP contribution < -0.4 is 16.1 Å². The maximum Gasteiger partial charge on any atom is 0.492 e. The van der Waals surface area contributed by atoms with Crippen molar-refractivity contribution >= 4 is 35.7 Å². The fourth-order valence-corrected chi connectivity index (χ4v) is 2.19. The first-order valence-electron chi connectivity index (χ1n) is 5.35. The summed E-state index contributed by atoms with van der Waals surface area (Å²) < 4.78 is 5.68. The van der Waals surface area contributed by atoms with Gasteiger partial charge < -0.3 is 14.5 Å². The monoisotopic (exact) mass is 214 g/mol.